The molecule has 1 aromatic heterocycles. The number of nitrogens with zero attached hydrogens (tertiary/aromatic N) is 3. The van der Waals surface area contributed by atoms with Crippen molar-refractivity contribution < 1.29 is 28.7 Å². The summed E-state index contributed by atoms with van der Waals surface area (Å²) in [6.07, 6.45) is -2.92. The zero-order valence-electron chi connectivity index (χ0n) is 23.0. The van der Waals surface area contributed by atoms with Gasteiger partial charge < -0.3 is 9.47 Å². The third-order valence-electron chi connectivity index (χ3n) is 6.30. The van der Waals surface area contributed by atoms with E-state index in [0.29, 0.717) is 10.5 Å². The summed E-state index contributed by atoms with van der Waals surface area (Å²) < 4.78 is 11.1. The maximum atomic E-state index is 14.2. The van der Waals surface area contributed by atoms with Gasteiger partial charge in [0.1, 0.15) is 5.82 Å². The summed E-state index contributed by atoms with van der Waals surface area (Å²) >= 11 is 0. The highest BCUT2D eigenvalue weighted by Crippen LogP contribution is 2.31. The molecule has 0 aliphatic rings. The Balaban J connectivity index is 2.09. The van der Waals surface area contributed by atoms with Crippen molar-refractivity contribution in [2.75, 3.05) is 5.01 Å². The number of para-hydroxylation sites is 1. The van der Waals surface area contributed by atoms with Gasteiger partial charge >= 0.3 is 11.9 Å². The topological polar surface area (TPSA) is 125 Å². The predicted molar refractivity (Wildman–Crippen MR) is 151 cm³/mol. The minimum Gasteiger partial charge on any atom is -0.453 e. The summed E-state index contributed by atoms with van der Waals surface area (Å²) in [4.78, 5) is 70.2. The summed E-state index contributed by atoms with van der Waals surface area (Å²) in [5.74, 6) is -4.23. The van der Waals surface area contributed by atoms with Crippen LogP contribution in [0.2, 0.25) is 0 Å². The molecule has 0 aliphatic heterocycles. The Labute approximate surface area is 236 Å². The lowest BCUT2D eigenvalue weighted by Gasteiger charge is -2.31. The molecule has 0 spiro atoms. The van der Waals surface area contributed by atoms with Crippen molar-refractivity contribution in [3.63, 3.8) is 0 Å². The first kappa shape index (κ1) is 28.9. The van der Waals surface area contributed by atoms with Gasteiger partial charge in [0.05, 0.1) is 16.8 Å². The van der Waals surface area contributed by atoms with E-state index >= 15 is 0 Å². The van der Waals surface area contributed by atoms with Crippen LogP contribution in [-0.4, -0.2) is 45.6 Å². The number of amides is 2. The maximum Gasteiger partial charge on any atom is 0.303 e. The van der Waals surface area contributed by atoms with Crippen LogP contribution in [0.1, 0.15) is 50.6 Å². The molecule has 10 heteroatoms. The first-order chi connectivity index (χ1) is 19.6. The number of benzene rings is 3. The smallest absolute Gasteiger partial charge is 0.303 e. The van der Waals surface area contributed by atoms with Gasteiger partial charge in [-0.1, -0.05) is 72.8 Å². The third-order valence-corrected chi connectivity index (χ3v) is 6.30. The van der Waals surface area contributed by atoms with Crippen LogP contribution in [0.25, 0.3) is 10.9 Å². The third kappa shape index (κ3) is 6.22. The molecule has 0 saturated carbocycles. The van der Waals surface area contributed by atoms with Crippen LogP contribution in [0.4, 0.5) is 0 Å². The highest BCUT2D eigenvalue weighted by atomic mass is 16.6. The highest BCUT2D eigenvalue weighted by molar-refractivity contribution is 6.12. The van der Waals surface area contributed by atoms with Crippen LogP contribution in [0.5, 0.6) is 0 Å². The monoisotopic (exact) mass is 555 g/mol. The quantitative estimate of drug-likeness (QED) is 0.303. The fourth-order valence-corrected chi connectivity index (χ4v) is 4.55. The molecule has 10 nitrogen and oxygen atoms in total. The van der Waals surface area contributed by atoms with E-state index in [4.69, 9.17) is 14.5 Å². The molecule has 0 unspecified atom stereocenters. The van der Waals surface area contributed by atoms with Crippen molar-refractivity contribution in [3.8, 4) is 0 Å². The van der Waals surface area contributed by atoms with Gasteiger partial charge in [0.15, 0.2) is 12.2 Å². The lowest BCUT2D eigenvalue weighted by molar-refractivity contribution is -0.156. The number of hydrogen-bond donors (Lipinski definition) is 0. The van der Waals surface area contributed by atoms with Crippen molar-refractivity contribution in [1.29, 1.82) is 0 Å². The zero-order chi connectivity index (χ0) is 29.7. The lowest BCUT2D eigenvalue weighted by atomic mass is 9.90. The second-order valence-electron chi connectivity index (χ2n) is 9.35. The number of imide groups is 1. The van der Waals surface area contributed by atoms with Crippen LogP contribution < -0.4 is 10.6 Å². The summed E-state index contributed by atoms with van der Waals surface area (Å²) in [6, 6.07) is 24.9. The van der Waals surface area contributed by atoms with Crippen molar-refractivity contribution in [2.45, 2.75) is 45.8 Å². The Morgan fingerprint density at radius 2 is 1.15 bits per heavy atom. The number of carbonyl (C=O) groups excluding carboxylic acids is 4. The van der Waals surface area contributed by atoms with Gasteiger partial charge in [-0.05, 0) is 37.1 Å². The molecule has 4 aromatic rings. The first-order valence-electron chi connectivity index (χ1n) is 12.9. The van der Waals surface area contributed by atoms with Crippen molar-refractivity contribution in [3.05, 3.63) is 112 Å². The van der Waals surface area contributed by atoms with Crippen LogP contribution in [0.15, 0.2) is 89.7 Å². The molecule has 3 aromatic carbocycles. The molecule has 0 bridgehead atoms. The summed E-state index contributed by atoms with van der Waals surface area (Å²) in [5.41, 5.74) is 1.10. The predicted octanol–water partition coefficient (Wildman–Crippen LogP) is 3.47. The van der Waals surface area contributed by atoms with E-state index in [0.717, 1.165) is 29.7 Å². The van der Waals surface area contributed by atoms with Crippen LogP contribution in [0, 0.1) is 0 Å². The van der Waals surface area contributed by atoms with Crippen LogP contribution >= 0.6 is 0 Å². The van der Waals surface area contributed by atoms with Crippen molar-refractivity contribution in [1.82, 2.24) is 9.66 Å². The normalized spacial score (nSPS) is 12.4. The van der Waals surface area contributed by atoms with Gasteiger partial charge in [-0.15, -0.1) is 0 Å². The number of fused-ring (bicyclic) bond motifs is 1. The fourth-order valence-electron chi connectivity index (χ4n) is 4.55. The molecular formula is C31H29N3O7. The number of rotatable bonds is 8. The summed E-state index contributed by atoms with van der Waals surface area (Å²) in [7, 11) is 0. The van der Waals surface area contributed by atoms with Crippen molar-refractivity contribution >= 4 is 34.7 Å². The molecular weight excluding hydrogens is 526 g/mol. The molecule has 210 valence electrons. The number of hydrogen-bond acceptors (Lipinski definition) is 8. The lowest BCUT2D eigenvalue weighted by Crippen LogP contribution is -2.58. The van der Waals surface area contributed by atoms with Gasteiger partial charge in [0, 0.05) is 13.8 Å². The van der Waals surface area contributed by atoms with E-state index in [1.165, 1.54) is 19.9 Å². The minimum atomic E-state index is -1.46. The van der Waals surface area contributed by atoms with E-state index in [1.54, 1.807) is 18.2 Å². The van der Waals surface area contributed by atoms with E-state index in [-0.39, 0.29) is 11.2 Å². The number of ether oxygens (including phenoxy) is 2. The second kappa shape index (κ2) is 12.4. The second-order valence-corrected chi connectivity index (χ2v) is 9.35. The molecule has 0 N–H and O–H groups in total. The molecule has 0 fully saturated rings. The van der Waals surface area contributed by atoms with Crippen LogP contribution in [-0.2, 0) is 28.7 Å². The van der Waals surface area contributed by atoms with Crippen molar-refractivity contribution in [2.24, 2.45) is 0 Å². The average Bonchev–Trinajstić information content (AvgIpc) is 2.95. The molecule has 2 amide bonds. The molecule has 2 atom stereocenters. The maximum absolute atomic E-state index is 14.2. The van der Waals surface area contributed by atoms with Crippen LogP contribution in [0.3, 0.4) is 0 Å². The molecule has 0 radical (unpaired) electrons. The van der Waals surface area contributed by atoms with Gasteiger partial charge in [0.2, 0.25) is 0 Å². The Morgan fingerprint density at radius 3 is 1.61 bits per heavy atom. The minimum absolute atomic E-state index is 0.0536. The van der Waals surface area contributed by atoms with Gasteiger partial charge in [-0.2, -0.15) is 9.69 Å². The molecule has 0 saturated heterocycles. The SMILES string of the molecule is CC(=O)O[C@@H](C)C(=O)N(C(=O)[C@@H](C)OC(C)=O)n1c(C(c2ccccc2)c2ccccc2)nc2ccccc2c1=O. The molecule has 1 heterocycles. The summed E-state index contributed by atoms with van der Waals surface area (Å²) in [6.45, 7) is 4.80. The Morgan fingerprint density at radius 1 is 0.707 bits per heavy atom. The number of aromatic nitrogens is 2. The molecule has 41 heavy (non-hydrogen) atoms. The Hall–Kier alpha value is -5.12. The van der Waals surface area contributed by atoms with E-state index in [1.807, 2.05) is 60.7 Å². The first-order valence-corrected chi connectivity index (χ1v) is 12.9. The standard InChI is InChI=1S/C31H29N3O7/c1-19(40-21(3)35)29(37)34(30(38)20(2)41-22(4)36)33-28(32-26-18-12-11-17-25(26)31(33)39)27(23-13-7-5-8-14-23)24-15-9-6-10-16-24/h5-20,27H,1-4H3/t19-,20+. The largest absolute Gasteiger partial charge is 0.453 e. The highest BCUT2D eigenvalue weighted by Gasteiger charge is 2.38. The van der Waals surface area contributed by atoms with Gasteiger partial charge in [-0.25, -0.2) is 4.98 Å². The average molecular weight is 556 g/mol. The van der Waals surface area contributed by atoms with E-state index in [9.17, 15) is 24.0 Å². The molecule has 0 aliphatic carbocycles. The summed E-state index contributed by atoms with van der Waals surface area (Å²) in [5, 5.41) is 0.707. The van der Waals surface area contributed by atoms with E-state index in [2.05, 4.69) is 0 Å². The van der Waals surface area contributed by atoms with E-state index < -0.39 is 47.4 Å². The Kier molecular flexibility index (Phi) is 8.72. The zero-order valence-corrected chi connectivity index (χ0v) is 23.0. The molecule has 4 rings (SSSR count). The van der Waals surface area contributed by atoms with Gasteiger partial charge in [-0.3, -0.25) is 24.0 Å². The number of esters is 2. The number of carbonyl (C=O) groups is 4. The fraction of sp³-hybridized carbons (Fsp3) is 0.226. The van der Waals surface area contributed by atoms with Gasteiger partial charge in [0.25, 0.3) is 17.4 Å². The Bertz CT molecular complexity index is 1580.